The number of fused-ring (bicyclic) bond motifs is 1. The molecule has 0 spiro atoms. The lowest BCUT2D eigenvalue weighted by molar-refractivity contribution is -0.136. The third-order valence-corrected chi connectivity index (χ3v) is 3.94. The van der Waals surface area contributed by atoms with Crippen molar-refractivity contribution in [3.05, 3.63) is 57.6 Å². The van der Waals surface area contributed by atoms with Crippen molar-refractivity contribution in [1.82, 2.24) is 14.0 Å². The number of aryl methyl sites for hydroxylation is 2. The van der Waals surface area contributed by atoms with Crippen LogP contribution in [0.25, 0.3) is 17.0 Å². The highest BCUT2D eigenvalue weighted by Gasteiger charge is 2.27. The number of rotatable bonds is 3. The zero-order valence-electron chi connectivity index (χ0n) is 12.6. The molecule has 0 radical (unpaired) electrons. The second-order valence-corrected chi connectivity index (χ2v) is 5.88. The minimum Gasteiger partial charge on any atom is -0.315 e. The molecule has 24 heavy (non-hydrogen) atoms. The van der Waals surface area contributed by atoms with Gasteiger partial charge in [-0.05, 0) is 19.1 Å². The van der Waals surface area contributed by atoms with Gasteiger partial charge in [0.15, 0.2) is 0 Å². The van der Waals surface area contributed by atoms with Crippen LogP contribution in [0.5, 0.6) is 0 Å². The van der Waals surface area contributed by atoms with E-state index < -0.39 is 12.6 Å². The van der Waals surface area contributed by atoms with Gasteiger partial charge in [0.25, 0.3) is 5.56 Å². The van der Waals surface area contributed by atoms with E-state index in [9.17, 15) is 18.0 Å². The Morgan fingerprint density at radius 2 is 1.88 bits per heavy atom. The van der Waals surface area contributed by atoms with Gasteiger partial charge in [0, 0.05) is 35.1 Å². The van der Waals surface area contributed by atoms with Crippen LogP contribution in [-0.2, 0) is 6.54 Å². The molecule has 3 rings (SSSR count). The van der Waals surface area contributed by atoms with Gasteiger partial charge < -0.3 is 4.57 Å². The number of aromatic nitrogens is 3. The van der Waals surface area contributed by atoms with Gasteiger partial charge in [-0.1, -0.05) is 23.7 Å². The fraction of sp³-hybridized carbons (Fsp3) is 0.250. The molecule has 0 atom stereocenters. The summed E-state index contributed by atoms with van der Waals surface area (Å²) in [7, 11) is 0. The van der Waals surface area contributed by atoms with Crippen molar-refractivity contribution in [2.75, 3.05) is 0 Å². The standard InChI is InChI=1S/C16H13ClF3N3O/c1-10-8-14(24)23-9-13(11-2-4-12(17)5-3-11)21-15(23)22(10)7-6-16(18,19)20/h2-5,8-9H,6-7H2,1H3. The topological polar surface area (TPSA) is 39.3 Å². The number of hydrogen-bond donors (Lipinski definition) is 0. The summed E-state index contributed by atoms with van der Waals surface area (Å²) in [6, 6.07) is 8.14. The van der Waals surface area contributed by atoms with Crippen molar-refractivity contribution in [2.45, 2.75) is 26.1 Å². The Balaban J connectivity index is 2.12. The zero-order chi connectivity index (χ0) is 17.5. The lowest BCUT2D eigenvalue weighted by Gasteiger charge is -2.13. The van der Waals surface area contributed by atoms with Crippen LogP contribution in [0.15, 0.2) is 41.3 Å². The summed E-state index contributed by atoms with van der Waals surface area (Å²) in [5.74, 6) is 0.189. The molecule has 0 saturated heterocycles. The predicted molar refractivity (Wildman–Crippen MR) is 85.3 cm³/mol. The van der Waals surface area contributed by atoms with Gasteiger partial charge in [-0.3, -0.25) is 9.20 Å². The summed E-state index contributed by atoms with van der Waals surface area (Å²) in [4.78, 5) is 16.5. The average Bonchev–Trinajstić information content (AvgIpc) is 2.92. The maximum Gasteiger partial charge on any atom is 0.390 e. The summed E-state index contributed by atoms with van der Waals surface area (Å²) >= 11 is 5.85. The molecule has 0 aliphatic heterocycles. The predicted octanol–water partition coefficient (Wildman–Crippen LogP) is 4.08. The largest absolute Gasteiger partial charge is 0.390 e. The molecule has 0 amide bonds. The van der Waals surface area contributed by atoms with Gasteiger partial charge in [-0.15, -0.1) is 0 Å². The molecule has 2 aromatic heterocycles. The monoisotopic (exact) mass is 355 g/mol. The zero-order valence-corrected chi connectivity index (χ0v) is 13.4. The highest BCUT2D eigenvalue weighted by atomic mass is 35.5. The number of hydrogen-bond acceptors (Lipinski definition) is 2. The normalized spacial score (nSPS) is 12.0. The first kappa shape index (κ1) is 16.6. The second kappa shape index (κ2) is 5.98. The number of halogens is 4. The van der Waals surface area contributed by atoms with Crippen LogP contribution >= 0.6 is 11.6 Å². The molecule has 0 aliphatic carbocycles. The third kappa shape index (κ3) is 3.31. The molecule has 3 aromatic rings. The Labute approximate surface area is 140 Å². The fourth-order valence-corrected chi connectivity index (χ4v) is 2.61. The molecular weight excluding hydrogens is 343 g/mol. The van der Waals surface area contributed by atoms with Crippen LogP contribution in [-0.4, -0.2) is 20.1 Å². The molecule has 8 heteroatoms. The van der Waals surface area contributed by atoms with Crippen LogP contribution in [0.3, 0.4) is 0 Å². The van der Waals surface area contributed by atoms with Crippen LogP contribution in [0, 0.1) is 6.92 Å². The van der Waals surface area contributed by atoms with Crippen LogP contribution < -0.4 is 5.56 Å². The first-order chi connectivity index (χ1) is 11.2. The van der Waals surface area contributed by atoms with E-state index in [-0.39, 0.29) is 17.9 Å². The summed E-state index contributed by atoms with van der Waals surface area (Å²) in [5, 5.41) is 0.558. The molecular formula is C16H13ClF3N3O. The van der Waals surface area contributed by atoms with E-state index in [1.165, 1.54) is 21.2 Å². The Hall–Kier alpha value is -2.28. The van der Waals surface area contributed by atoms with E-state index in [1.54, 1.807) is 31.2 Å². The van der Waals surface area contributed by atoms with Gasteiger partial charge >= 0.3 is 6.18 Å². The van der Waals surface area contributed by atoms with Crippen molar-refractivity contribution in [2.24, 2.45) is 0 Å². The lowest BCUT2D eigenvalue weighted by Crippen LogP contribution is -2.21. The number of nitrogens with zero attached hydrogens (tertiary/aromatic N) is 3. The van der Waals surface area contributed by atoms with Crippen molar-refractivity contribution in [1.29, 1.82) is 0 Å². The Morgan fingerprint density at radius 1 is 1.21 bits per heavy atom. The molecule has 0 saturated carbocycles. The molecule has 4 nitrogen and oxygen atoms in total. The molecule has 1 aromatic carbocycles. The Morgan fingerprint density at radius 3 is 2.50 bits per heavy atom. The van der Waals surface area contributed by atoms with E-state index in [1.807, 2.05) is 0 Å². The maximum absolute atomic E-state index is 12.5. The molecule has 0 fully saturated rings. The van der Waals surface area contributed by atoms with Crippen LogP contribution in [0.1, 0.15) is 12.1 Å². The summed E-state index contributed by atoms with van der Waals surface area (Å²) in [5.41, 5.74) is 1.32. The maximum atomic E-state index is 12.5. The van der Waals surface area contributed by atoms with Gasteiger partial charge in [-0.2, -0.15) is 13.2 Å². The van der Waals surface area contributed by atoms with Gasteiger partial charge in [-0.25, -0.2) is 4.98 Å². The summed E-state index contributed by atoms with van der Waals surface area (Å²) in [6.45, 7) is 1.30. The number of benzene rings is 1. The van der Waals surface area contributed by atoms with Crippen molar-refractivity contribution < 1.29 is 13.2 Å². The molecule has 0 N–H and O–H groups in total. The minimum absolute atomic E-state index is 0.189. The number of imidazole rings is 1. The van der Waals surface area contributed by atoms with Crippen molar-refractivity contribution >= 4 is 17.4 Å². The van der Waals surface area contributed by atoms with E-state index in [2.05, 4.69) is 4.98 Å². The highest BCUT2D eigenvalue weighted by Crippen LogP contribution is 2.23. The summed E-state index contributed by atoms with van der Waals surface area (Å²) in [6.07, 6.45) is -3.75. The van der Waals surface area contributed by atoms with E-state index in [4.69, 9.17) is 11.6 Å². The van der Waals surface area contributed by atoms with E-state index in [0.717, 1.165) is 5.56 Å². The molecule has 126 valence electrons. The van der Waals surface area contributed by atoms with Gasteiger partial charge in [0.1, 0.15) is 0 Å². The van der Waals surface area contributed by atoms with Crippen LogP contribution in [0.2, 0.25) is 5.02 Å². The van der Waals surface area contributed by atoms with Gasteiger partial charge in [0.05, 0.1) is 12.1 Å². The first-order valence-corrected chi connectivity index (χ1v) is 7.55. The van der Waals surface area contributed by atoms with Crippen LogP contribution in [0.4, 0.5) is 13.2 Å². The smallest absolute Gasteiger partial charge is 0.315 e. The quantitative estimate of drug-likeness (QED) is 0.710. The van der Waals surface area contributed by atoms with Gasteiger partial charge in [0.2, 0.25) is 5.78 Å². The van der Waals surface area contributed by atoms with Crippen molar-refractivity contribution in [3.8, 4) is 11.3 Å². The second-order valence-electron chi connectivity index (χ2n) is 5.44. The molecule has 0 bridgehead atoms. The average molecular weight is 356 g/mol. The summed E-state index contributed by atoms with van der Waals surface area (Å²) < 4.78 is 40.3. The minimum atomic E-state index is -4.28. The Kier molecular flexibility index (Phi) is 4.13. The molecule has 0 unspecified atom stereocenters. The molecule has 0 aliphatic rings. The first-order valence-electron chi connectivity index (χ1n) is 7.17. The fourth-order valence-electron chi connectivity index (χ4n) is 2.48. The van der Waals surface area contributed by atoms with Crippen molar-refractivity contribution in [3.63, 3.8) is 0 Å². The SMILES string of the molecule is Cc1cc(=O)n2cc(-c3ccc(Cl)cc3)nc2n1CCC(F)(F)F. The molecule has 2 heterocycles. The van der Waals surface area contributed by atoms with E-state index >= 15 is 0 Å². The Bertz CT molecular complexity index is 942. The third-order valence-electron chi connectivity index (χ3n) is 3.68. The number of alkyl halides is 3. The van der Waals surface area contributed by atoms with E-state index in [0.29, 0.717) is 16.4 Å². The lowest BCUT2D eigenvalue weighted by atomic mass is 10.2. The highest BCUT2D eigenvalue weighted by molar-refractivity contribution is 6.30.